The van der Waals surface area contributed by atoms with Crippen LogP contribution in [-0.4, -0.2) is 10.1 Å². The Labute approximate surface area is 83.9 Å². The molecule has 1 fully saturated rings. The van der Waals surface area contributed by atoms with Crippen LogP contribution in [0.4, 0.5) is 0 Å². The maximum atomic E-state index is 5.66. The molecule has 4 nitrogen and oxygen atoms in total. The summed E-state index contributed by atoms with van der Waals surface area (Å²) in [5.41, 5.74) is 5.66. The van der Waals surface area contributed by atoms with E-state index < -0.39 is 0 Å². The smallest absolute Gasteiger partial charge is 0.243 e. The van der Waals surface area contributed by atoms with Crippen molar-refractivity contribution in [3.8, 4) is 0 Å². The van der Waals surface area contributed by atoms with Gasteiger partial charge in [-0.1, -0.05) is 18.5 Å². The second-order valence-corrected chi connectivity index (χ2v) is 4.29. The summed E-state index contributed by atoms with van der Waals surface area (Å²) in [5.74, 6) is 2.56. The van der Waals surface area contributed by atoms with Crippen molar-refractivity contribution in [3.05, 3.63) is 11.7 Å². The van der Waals surface area contributed by atoms with Gasteiger partial charge in [0.05, 0.1) is 6.04 Å². The number of nitrogens with zero attached hydrogens (tertiary/aromatic N) is 2. The van der Waals surface area contributed by atoms with Crippen molar-refractivity contribution >= 4 is 0 Å². The molecule has 0 aliphatic heterocycles. The highest BCUT2D eigenvalue weighted by Gasteiger charge is 2.29. The Hall–Kier alpha value is -0.900. The van der Waals surface area contributed by atoms with Crippen LogP contribution >= 0.6 is 0 Å². The standard InChI is InChI=1S/C10H17N3O/c1-6-4-3-5-8(6)9-12-10(7(2)11)14-13-9/h6-8H,3-5,11H2,1-2H3/t6?,7-,8?/m1/s1. The van der Waals surface area contributed by atoms with Crippen molar-refractivity contribution in [1.82, 2.24) is 10.1 Å². The molecule has 1 saturated carbocycles. The second-order valence-electron chi connectivity index (χ2n) is 4.29. The van der Waals surface area contributed by atoms with E-state index in [2.05, 4.69) is 17.1 Å². The van der Waals surface area contributed by atoms with Crippen LogP contribution in [0.5, 0.6) is 0 Å². The van der Waals surface area contributed by atoms with Crippen LogP contribution in [-0.2, 0) is 0 Å². The third-order valence-corrected chi connectivity index (χ3v) is 3.04. The quantitative estimate of drug-likeness (QED) is 0.783. The molecule has 1 aliphatic rings. The lowest BCUT2D eigenvalue weighted by Gasteiger charge is -2.09. The molecule has 14 heavy (non-hydrogen) atoms. The molecule has 0 radical (unpaired) electrons. The monoisotopic (exact) mass is 195 g/mol. The predicted molar refractivity (Wildman–Crippen MR) is 52.7 cm³/mol. The molecule has 3 atom stereocenters. The molecular formula is C10H17N3O. The highest BCUT2D eigenvalue weighted by molar-refractivity contribution is 5.01. The molecule has 0 saturated heterocycles. The first kappa shape index (κ1) is 9.65. The molecule has 1 aliphatic carbocycles. The molecule has 2 rings (SSSR count). The largest absolute Gasteiger partial charge is 0.338 e. The fourth-order valence-electron chi connectivity index (χ4n) is 2.11. The summed E-state index contributed by atoms with van der Waals surface area (Å²) in [6.45, 7) is 4.11. The normalized spacial score (nSPS) is 29.4. The summed E-state index contributed by atoms with van der Waals surface area (Å²) in [4.78, 5) is 4.34. The van der Waals surface area contributed by atoms with Gasteiger partial charge in [-0.15, -0.1) is 0 Å². The summed E-state index contributed by atoms with van der Waals surface area (Å²) in [6.07, 6.45) is 3.72. The van der Waals surface area contributed by atoms with Crippen LogP contribution in [0.3, 0.4) is 0 Å². The molecule has 0 amide bonds. The molecule has 0 spiro atoms. The van der Waals surface area contributed by atoms with Crippen molar-refractivity contribution in [3.63, 3.8) is 0 Å². The summed E-state index contributed by atoms with van der Waals surface area (Å²) < 4.78 is 5.10. The van der Waals surface area contributed by atoms with Crippen LogP contribution in [0.25, 0.3) is 0 Å². The van der Waals surface area contributed by atoms with Gasteiger partial charge in [0.15, 0.2) is 5.82 Å². The Morgan fingerprint density at radius 2 is 2.29 bits per heavy atom. The van der Waals surface area contributed by atoms with Gasteiger partial charge in [-0.25, -0.2) is 0 Å². The Morgan fingerprint density at radius 1 is 1.50 bits per heavy atom. The van der Waals surface area contributed by atoms with Crippen LogP contribution in [0.15, 0.2) is 4.52 Å². The van der Waals surface area contributed by atoms with Gasteiger partial charge >= 0.3 is 0 Å². The maximum absolute atomic E-state index is 5.66. The molecule has 1 aromatic rings. The average molecular weight is 195 g/mol. The van der Waals surface area contributed by atoms with Crippen LogP contribution in [0, 0.1) is 5.92 Å². The minimum atomic E-state index is -0.159. The van der Waals surface area contributed by atoms with E-state index in [1.54, 1.807) is 0 Å². The van der Waals surface area contributed by atoms with E-state index in [0.29, 0.717) is 17.7 Å². The Bertz CT molecular complexity index is 308. The highest BCUT2D eigenvalue weighted by Crippen LogP contribution is 2.37. The minimum Gasteiger partial charge on any atom is -0.338 e. The van der Waals surface area contributed by atoms with E-state index >= 15 is 0 Å². The van der Waals surface area contributed by atoms with Gasteiger partial charge < -0.3 is 10.3 Å². The van der Waals surface area contributed by atoms with Crippen LogP contribution < -0.4 is 5.73 Å². The minimum absolute atomic E-state index is 0.159. The van der Waals surface area contributed by atoms with Gasteiger partial charge in [-0.2, -0.15) is 4.98 Å². The fourth-order valence-corrected chi connectivity index (χ4v) is 2.11. The zero-order valence-corrected chi connectivity index (χ0v) is 8.73. The Morgan fingerprint density at radius 3 is 2.79 bits per heavy atom. The van der Waals surface area contributed by atoms with Crippen molar-refractivity contribution in [2.45, 2.75) is 45.1 Å². The second kappa shape index (κ2) is 3.69. The number of nitrogens with two attached hydrogens (primary N) is 1. The molecule has 2 unspecified atom stereocenters. The molecule has 1 aromatic heterocycles. The molecule has 0 bridgehead atoms. The number of hydrogen-bond acceptors (Lipinski definition) is 4. The zero-order chi connectivity index (χ0) is 10.1. The van der Waals surface area contributed by atoms with Crippen LogP contribution in [0.1, 0.15) is 56.8 Å². The van der Waals surface area contributed by atoms with E-state index in [1.807, 2.05) is 6.92 Å². The van der Waals surface area contributed by atoms with E-state index in [1.165, 1.54) is 19.3 Å². The fraction of sp³-hybridized carbons (Fsp3) is 0.800. The molecule has 4 heteroatoms. The van der Waals surface area contributed by atoms with Gasteiger partial charge in [0.25, 0.3) is 0 Å². The van der Waals surface area contributed by atoms with Gasteiger partial charge in [0.2, 0.25) is 5.89 Å². The van der Waals surface area contributed by atoms with Crippen LogP contribution in [0.2, 0.25) is 0 Å². The van der Waals surface area contributed by atoms with E-state index in [0.717, 1.165) is 5.82 Å². The van der Waals surface area contributed by atoms with E-state index in [9.17, 15) is 0 Å². The summed E-state index contributed by atoms with van der Waals surface area (Å²) in [7, 11) is 0. The third-order valence-electron chi connectivity index (χ3n) is 3.04. The van der Waals surface area contributed by atoms with Gasteiger partial charge in [-0.05, 0) is 25.7 Å². The summed E-state index contributed by atoms with van der Waals surface area (Å²) >= 11 is 0. The van der Waals surface area contributed by atoms with E-state index in [4.69, 9.17) is 10.3 Å². The predicted octanol–water partition coefficient (Wildman–Crippen LogP) is 1.99. The highest BCUT2D eigenvalue weighted by atomic mass is 16.5. The zero-order valence-electron chi connectivity index (χ0n) is 8.73. The lowest BCUT2D eigenvalue weighted by molar-refractivity contribution is 0.351. The first-order valence-corrected chi connectivity index (χ1v) is 5.27. The number of rotatable bonds is 2. The SMILES string of the molecule is CC1CCCC1c1noc([C@@H](C)N)n1. The van der Waals surface area contributed by atoms with E-state index in [-0.39, 0.29) is 6.04 Å². The number of hydrogen-bond donors (Lipinski definition) is 1. The van der Waals surface area contributed by atoms with Crippen molar-refractivity contribution in [2.24, 2.45) is 11.7 Å². The van der Waals surface area contributed by atoms with Crippen molar-refractivity contribution in [1.29, 1.82) is 0 Å². The Balaban J connectivity index is 2.16. The van der Waals surface area contributed by atoms with Gasteiger partial charge in [0, 0.05) is 5.92 Å². The van der Waals surface area contributed by atoms with Gasteiger partial charge in [0.1, 0.15) is 0 Å². The molecule has 78 valence electrons. The summed E-state index contributed by atoms with van der Waals surface area (Å²) in [6, 6.07) is -0.159. The molecule has 1 heterocycles. The van der Waals surface area contributed by atoms with Crippen molar-refractivity contribution in [2.75, 3.05) is 0 Å². The lowest BCUT2D eigenvalue weighted by Crippen LogP contribution is -2.07. The molecule has 2 N–H and O–H groups in total. The van der Waals surface area contributed by atoms with Gasteiger partial charge in [-0.3, -0.25) is 0 Å². The first-order chi connectivity index (χ1) is 6.68. The average Bonchev–Trinajstić information content (AvgIpc) is 2.71. The maximum Gasteiger partial charge on any atom is 0.243 e. The topological polar surface area (TPSA) is 64.9 Å². The number of aromatic nitrogens is 2. The molecular weight excluding hydrogens is 178 g/mol. The Kier molecular flexibility index (Phi) is 2.54. The molecule has 0 aromatic carbocycles. The van der Waals surface area contributed by atoms with Crippen molar-refractivity contribution < 1.29 is 4.52 Å². The third kappa shape index (κ3) is 1.66. The summed E-state index contributed by atoms with van der Waals surface area (Å²) in [5, 5.41) is 4.00. The lowest BCUT2D eigenvalue weighted by atomic mass is 9.98. The first-order valence-electron chi connectivity index (χ1n) is 5.27.